The first-order valence-electron chi connectivity index (χ1n) is 3.78. The molecular weight excluding hydrogens is 194 g/mol. The van der Waals surface area contributed by atoms with Gasteiger partial charge < -0.3 is 4.90 Å². The highest BCUT2D eigenvalue weighted by molar-refractivity contribution is 7.92. The average molecular weight is 201 g/mol. The van der Waals surface area contributed by atoms with Crippen molar-refractivity contribution >= 4 is 21.7 Å². The summed E-state index contributed by atoms with van der Waals surface area (Å²) in [4.78, 5) is 22.4. The summed E-state index contributed by atoms with van der Waals surface area (Å²) in [6.07, 6.45) is 0.0640. The zero-order valence-electron chi connectivity index (χ0n) is 6.69. The molecule has 0 radical (unpaired) electrons. The second-order valence-corrected chi connectivity index (χ2v) is 5.35. The van der Waals surface area contributed by atoms with Gasteiger partial charge in [-0.3, -0.25) is 4.79 Å². The van der Waals surface area contributed by atoms with E-state index in [-0.39, 0.29) is 30.2 Å². The van der Waals surface area contributed by atoms with Crippen molar-refractivity contribution in [3.63, 3.8) is 0 Å². The number of β-lactam (4-membered cyclic amide) rings is 1. The lowest BCUT2D eigenvalue weighted by Crippen LogP contribution is -2.60. The molecule has 2 heterocycles. The van der Waals surface area contributed by atoms with E-state index in [1.165, 1.54) is 4.90 Å². The molecule has 0 aromatic rings. The summed E-state index contributed by atoms with van der Waals surface area (Å²) in [5.74, 6) is 1.11. The van der Waals surface area contributed by atoms with E-state index >= 15 is 0 Å². The van der Waals surface area contributed by atoms with Crippen molar-refractivity contribution < 1.29 is 18.0 Å². The Morgan fingerprint density at radius 2 is 2.15 bits per heavy atom. The Hall–Kier alpha value is -1.13. The average Bonchev–Trinajstić information content (AvgIpc) is 2.06. The van der Waals surface area contributed by atoms with Gasteiger partial charge in [0.2, 0.25) is 5.91 Å². The Balaban J connectivity index is 2.38. The number of fused-ring (bicyclic) bond motifs is 1. The van der Waals surface area contributed by atoms with E-state index in [1.54, 1.807) is 5.94 Å². The van der Waals surface area contributed by atoms with E-state index in [0.717, 1.165) is 0 Å². The maximum atomic E-state index is 11.4. The molecule has 13 heavy (non-hydrogen) atoms. The van der Waals surface area contributed by atoms with Crippen molar-refractivity contribution in [2.45, 2.75) is 11.8 Å². The highest BCUT2D eigenvalue weighted by Crippen LogP contribution is 2.30. The summed E-state index contributed by atoms with van der Waals surface area (Å²) in [5.41, 5.74) is 0.143. The molecule has 2 aliphatic rings. The molecular formula is C7H7NO4S. The van der Waals surface area contributed by atoms with Crippen LogP contribution in [0.1, 0.15) is 6.42 Å². The number of carbonyl (C=O) groups is 1. The zero-order valence-corrected chi connectivity index (χ0v) is 7.50. The monoisotopic (exact) mass is 201 g/mol. The molecule has 5 nitrogen and oxygen atoms in total. The first-order chi connectivity index (χ1) is 6.04. The summed E-state index contributed by atoms with van der Waals surface area (Å²) in [6.45, 7) is 0.131. The topological polar surface area (TPSA) is 71.5 Å². The Bertz CT molecular complexity index is 418. The van der Waals surface area contributed by atoms with Crippen LogP contribution in [0.4, 0.5) is 0 Å². The molecule has 2 saturated heterocycles. The van der Waals surface area contributed by atoms with Crippen molar-refractivity contribution in [1.29, 1.82) is 0 Å². The Morgan fingerprint density at radius 1 is 1.46 bits per heavy atom. The molecule has 70 valence electrons. The molecule has 0 aromatic carbocycles. The first kappa shape index (κ1) is 8.47. The quantitative estimate of drug-likeness (QED) is 0.362. The minimum Gasteiger partial charge on any atom is -0.320 e. The van der Waals surface area contributed by atoms with Gasteiger partial charge in [0, 0.05) is 5.57 Å². The Kier molecular flexibility index (Phi) is 1.58. The van der Waals surface area contributed by atoms with Gasteiger partial charge in [-0.25, -0.2) is 13.2 Å². The van der Waals surface area contributed by atoms with Crippen LogP contribution >= 0.6 is 0 Å². The first-order valence-corrected chi connectivity index (χ1v) is 5.50. The number of sulfone groups is 1. The van der Waals surface area contributed by atoms with Gasteiger partial charge in [-0.2, -0.15) is 0 Å². The van der Waals surface area contributed by atoms with Crippen LogP contribution in [-0.4, -0.2) is 42.8 Å². The molecule has 2 rings (SSSR count). The van der Waals surface area contributed by atoms with E-state index in [9.17, 15) is 18.0 Å². The summed E-state index contributed by atoms with van der Waals surface area (Å²) >= 11 is 0. The fourth-order valence-electron chi connectivity index (χ4n) is 1.59. The fraction of sp³-hybridized carbons (Fsp3) is 0.571. The summed E-state index contributed by atoms with van der Waals surface area (Å²) < 4.78 is 22.7. The normalized spacial score (nSPS) is 30.5. The van der Waals surface area contributed by atoms with Crippen LogP contribution in [0.25, 0.3) is 0 Å². The van der Waals surface area contributed by atoms with Gasteiger partial charge in [0.25, 0.3) is 0 Å². The molecule has 0 aromatic heterocycles. The minimum absolute atomic E-state index is 0.0640. The summed E-state index contributed by atoms with van der Waals surface area (Å²) in [7, 11) is -3.31. The molecule has 6 heteroatoms. The SMILES string of the molecule is O=C=C1CN2C(=O)C[C@@H]2S(=O)(=O)C1. The van der Waals surface area contributed by atoms with Gasteiger partial charge in [0.05, 0.1) is 18.7 Å². The second-order valence-electron chi connectivity index (χ2n) is 3.19. The molecule has 0 saturated carbocycles. The van der Waals surface area contributed by atoms with Gasteiger partial charge in [-0.1, -0.05) is 0 Å². The molecule has 0 spiro atoms. The molecule has 2 aliphatic heterocycles. The van der Waals surface area contributed by atoms with Crippen molar-refractivity contribution in [2.75, 3.05) is 12.3 Å². The van der Waals surface area contributed by atoms with Gasteiger partial charge in [0.1, 0.15) is 11.3 Å². The van der Waals surface area contributed by atoms with Crippen LogP contribution in [0, 0.1) is 0 Å². The van der Waals surface area contributed by atoms with Crippen LogP contribution in [0.3, 0.4) is 0 Å². The lowest BCUT2D eigenvalue weighted by Gasteiger charge is -2.42. The molecule has 0 bridgehead atoms. The van der Waals surface area contributed by atoms with Crippen LogP contribution in [0.2, 0.25) is 0 Å². The summed E-state index contributed by atoms with van der Waals surface area (Å²) in [5, 5.41) is -0.683. The maximum Gasteiger partial charge on any atom is 0.227 e. The number of hydrogen-bond acceptors (Lipinski definition) is 4. The Labute approximate surface area is 74.9 Å². The molecule has 1 atom stereocenters. The van der Waals surface area contributed by atoms with Gasteiger partial charge >= 0.3 is 0 Å². The maximum absolute atomic E-state index is 11.4. The molecule has 0 aliphatic carbocycles. The van der Waals surface area contributed by atoms with Crippen LogP contribution in [0.5, 0.6) is 0 Å². The number of hydrogen-bond donors (Lipinski definition) is 0. The van der Waals surface area contributed by atoms with Gasteiger partial charge in [-0.05, 0) is 0 Å². The summed E-state index contributed by atoms with van der Waals surface area (Å²) in [6, 6.07) is 0. The minimum atomic E-state index is -3.31. The van der Waals surface area contributed by atoms with Crippen molar-refractivity contribution in [3.05, 3.63) is 5.57 Å². The third-order valence-electron chi connectivity index (χ3n) is 2.31. The predicted molar refractivity (Wildman–Crippen MR) is 43.1 cm³/mol. The highest BCUT2D eigenvalue weighted by Gasteiger charge is 2.48. The van der Waals surface area contributed by atoms with Gasteiger partial charge in [0.15, 0.2) is 9.84 Å². The molecule has 0 N–H and O–H groups in total. The second kappa shape index (κ2) is 2.43. The number of carbonyl (C=O) groups excluding carboxylic acids is 2. The van der Waals surface area contributed by atoms with Crippen molar-refractivity contribution in [1.82, 2.24) is 4.90 Å². The van der Waals surface area contributed by atoms with Crippen molar-refractivity contribution in [3.8, 4) is 0 Å². The third kappa shape index (κ3) is 1.10. The lowest BCUT2D eigenvalue weighted by atomic mass is 10.1. The molecule has 2 fully saturated rings. The van der Waals surface area contributed by atoms with Crippen LogP contribution in [-0.2, 0) is 19.4 Å². The number of amides is 1. The smallest absolute Gasteiger partial charge is 0.227 e. The third-order valence-corrected chi connectivity index (χ3v) is 4.31. The largest absolute Gasteiger partial charge is 0.320 e. The highest BCUT2D eigenvalue weighted by atomic mass is 32.2. The Morgan fingerprint density at radius 3 is 2.69 bits per heavy atom. The zero-order chi connectivity index (χ0) is 9.64. The van der Waals surface area contributed by atoms with E-state index in [0.29, 0.717) is 0 Å². The predicted octanol–water partition coefficient (Wildman–Crippen LogP) is -1.27. The van der Waals surface area contributed by atoms with E-state index in [1.807, 2.05) is 0 Å². The van der Waals surface area contributed by atoms with E-state index < -0.39 is 15.2 Å². The molecule has 1 amide bonds. The standard InChI is InChI=1S/C7H7NO4S/c9-3-5-2-8-6(10)1-7(8)13(11,12)4-5/h7H,1-2,4H2/t7-/m0/s1. The van der Waals surface area contributed by atoms with Gasteiger partial charge in [-0.15, -0.1) is 0 Å². The van der Waals surface area contributed by atoms with Crippen molar-refractivity contribution in [2.24, 2.45) is 0 Å². The molecule has 0 unspecified atom stereocenters. The van der Waals surface area contributed by atoms with E-state index in [2.05, 4.69) is 0 Å². The number of nitrogens with zero attached hydrogens (tertiary/aromatic N) is 1. The van der Waals surface area contributed by atoms with E-state index in [4.69, 9.17) is 0 Å². The van der Waals surface area contributed by atoms with Crippen LogP contribution in [0.15, 0.2) is 5.57 Å². The number of rotatable bonds is 0. The fourth-order valence-corrected chi connectivity index (χ4v) is 3.39. The lowest BCUT2D eigenvalue weighted by molar-refractivity contribution is -0.141. The van der Waals surface area contributed by atoms with Crippen LogP contribution < -0.4 is 0 Å².